The van der Waals surface area contributed by atoms with Crippen molar-refractivity contribution in [1.82, 2.24) is 19.4 Å². The van der Waals surface area contributed by atoms with Crippen molar-refractivity contribution in [3.8, 4) is 5.88 Å². The minimum Gasteiger partial charge on any atom is -0.478 e. The molecule has 3 heterocycles. The summed E-state index contributed by atoms with van der Waals surface area (Å²) in [5.41, 5.74) is 2.87. The highest BCUT2D eigenvalue weighted by atomic mass is 19.1. The van der Waals surface area contributed by atoms with Crippen LogP contribution in [0.2, 0.25) is 0 Å². The summed E-state index contributed by atoms with van der Waals surface area (Å²) in [6.07, 6.45) is 1.99. The second-order valence-electron chi connectivity index (χ2n) is 14.5. The molecule has 0 bridgehead atoms. The molecule has 0 saturated carbocycles. The smallest absolute Gasteiger partial charge is 0.335 e. The van der Waals surface area contributed by atoms with Gasteiger partial charge in [-0.05, 0) is 81.6 Å². The average Bonchev–Trinajstić information content (AvgIpc) is 3.33. The van der Waals surface area contributed by atoms with Crippen molar-refractivity contribution in [2.75, 3.05) is 25.0 Å². The predicted octanol–water partition coefficient (Wildman–Crippen LogP) is 6.93. The van der Waals surface area contributed by atoms with Gasteiger partial charge in [0.05, 0.1) is 41.8 Å². The van der Waals surface area contributed by atoms with Gasteiger partial charge < -0.3 is 24.5 Å². The van der Waals surface area contributed by atoms with Crippen LogP contribution in [-0.2, 0) is 29.7 Å². The Balaban J connectivity index is 1.11. The molecule has 2 aromatic carbocycles. The van der Waals surface area contributed by atoms with Gasteiger partial charge in [-0.1, -0.05) is 32.9 Å². The average molecular weight is 660 g/mol. The summed E-state index contributed by atoms with van der Waals surface area (Å²) in [6.45, 7) is 12.9. The van der Waals surface area contributed by atoms with Gasteiger partial charge in [-0.3, -0.25) is 9.69 Å². The molecule has 4 aromatic rings. The number of fused-ring (bicyclic) bond motifs is 1. The maximum Gasteiger partial charge on any atom is 0.335 e. The quantitative estimate of drug-likeness (QED) is 0.168. The number of benzene rings is 2. The van der Waals surface area contributed by atoms with E-state index >= 15 is 0 Å². The maximum absolute atomic E-state index is 15.0. The molecule has 1 aliphatic heterocycles. The van der Waals surface area contributed by atoms with E-state index in [0.29, 0.717) is 30.3 Å². The van der Waals surface area contributed by atoms with Crippen LogP contribution in [0, 0.1) is 11.2 Å². The van der Waals surface area contributed by atoms with Gasteiger partial charge in [-0.15, -0.1) is 0 Å². The Morgan fingerprint density at radius 3 is 2.46 bits per heavy atom. The number of hydrogen-bond acceptors (Lipinski definition) is 7. The number of carboxylic acids is 1. The Bertz CT molecular complexity index is 1770. The number of hydrogen-bond donors (Lipinski definition) is 2. The number of anilines is 1. The normalized spacial score (nSPS) is 14.7. The van der Waals surface area contributed by atoms with E-state index in [1.54, 1.807) is 36.4 Å². The van der Waals surface area contributed by atoms with Crippen molar-refractivity contribution in [2.24, 2.45) is 12.5 Å². The van der Waals surface area contributed by atoms with Gasteiger partial charge in [0.2, 0.25) is 11.8 Å². The molecule has 2 aromatic heterocycles. The molecule has 1 fully saturated rings. The Hall–Kier alpha value is -4.35. The van der Waals surface area contributed by atoms with Crippen LogP contribution in [0.1, 0.15) is 87.2 Å². The third-order valence-corrected chi connectivity index (χ3v) is 8.53. The van der Waals surface area contributed by atoms with Crippen LogP contribution in [0.3, 0.4) is 0 Å². The van der Waals surface area contributed by atoms with E-state index in [2.05, 4.69) is 31.0 Å². The number of nitrogens with one attached hydrogen (secondary N) is 1. The number of aromatic carboxylic acids is 1. The number of piperidine rings is 1. The number of pyridine rings is 1. The number of nitrogens with zero attached hydrogens (tertiary/aromatic N) is 4. The molecule has 256 valence electrons. The molecule has 0 aliphatic carbocycles. The highest BCUT2D eigenvalue weighted by molar-refractivity contribution is 5.92. The third kappa shape index (κ3) is 9.17. The lowest BCUT2D eigenvalue weighted by atomic mass is 9.93. The fraction of sp³-hybridized carbons (Fsp3) is 0.459. The standard InChI is InChI=1S/C37H46FN5O5/c1-36(2,3)23-48-37(4,5)20-33(44)39-27-12-10-26(28(38)19-27)22-47-34-9-7-8-29(41-34)24-14-16-43(17-15-24)21-32-40-30-13-11-25(35(45)46)18-31(30)42(32)6/h7-13,18-19,24H,14-17,20-23H2,1-6H3,(H,39,44)(H,45,46). The number of aromatic nitrogens is 3. The Morgan fingerprint density at radius 1 is 1.02 bits per heavy atom. The maximum atomic E-state index is 15.0. The second kappa shape index (κ2) is 14.4. The number of likely N-dealkylation sites (tertiary alicyclic amines) is 1. The zero-order valence-corrected chi connectivity index (χ0v) is 28.7. The fourth-order valence-electron chi connectivity index (χ4n) is 5.79. The van der Waals surface area contributed by atoms with Gasteiger partial charge in [-0.2, -0.15) is 0 Å². The van der Waals surface area contributed by atoms with E-state index in [1.807, 2.05) is 37.6 Å². The van der Waals surface area contributed by atoms with Gasteiger partial charge in [0.25, 0.3) is 0 Å². The largest absolute Gasteiger partial charge is 0.478 e. The van der Waals surface area contributed by atoms with Crippen molar-refractivity contribution in [3.05, 3.63) is 83.1 Å². The van der Waals surface area contributed by atoms with Crippen molar-refractivity contribution in [2.45, 2.75) is 78.6 Å². The summed E-state index contributed by atoms with van der Waals surface area (Å²) in [7, 11) is 1.92. The lowest BCUT2D eigenvalue weighted by Gasteiger charge is -2.31. The Morgan fingerprint density at radius 2 is 1.77 bits per heavy atom. The van der Waals surface area contributed by atoms with Gasteiger partial charge in [0, 0.05) is 36.0 Å². The number of rotatable bonds is 12. The van der Waals surface area contributed by atoms with Gasteiger partial charge in [0.15, 0.2) is 0 Å². The number of aryl methyl sites for hydroxylation is 1. The van der Waals surface area contributed by atoms with E-state index in [4.69, 9.17) is 19.4 Å². The predicted molar refractivity (Wildman–Crippen MR) is 183 cm³/mol. The van der Waals surface area contributed by atoms with E-state index in [0.717, 1.165) is 48.5 Å². The van der Waals surface area contributed by atoms with Crippen LogP contribution in [0.4, 0.5) is 10.1 Å². The van der Waals surface area contributed by atoms with Crippen LogP contribution in [0.15, 0.2) is 54.6 Å². The highest BCUT2D eigenvalue weighted by Gasteiger charge is 2.26. The molecule has 5 rings (SSSR count). The molecule has 48 heavy (non-hydrogen) atoms. The van der Waals surface area contributed by atoms with E-state index in [1.165, 1.54) is 6.07 Å². The molecule has 2 N–H and O–H groups in total. The summed E-state index contributed by atoms with van der Waals surface area (Å²) in [5.74, 6) is -0.0666. The lowest BCUT2D eigenvalue weighted by molar-refractivity contribution is -0.124. The Labute approximate surface area is 281 Å². The number of carbonyl (C=O) groups is 2. The molecular weight excluding hydrogens is 613 g/mol. The second-order valence-corrected chi connectivity index (χ2v) is 14.5. The van der Waals surface area contributed by atoms with E-state index < -0.39 is 17.4 Å². The van der Waals surface area contributed by atoms with E-state index in [9.17, 15) is 19.1 Å². The highest BCUT2D eigenvalue weighted by Crippen LogP contribution is 2.29. The fourth-order valence-corrected chi connectivity index (χ4v) is 5.79. The number of amides is 1. The summed E-state index contributed by atoms with van der Waals surface area (Å²) < 4.78 is 28.8. The molecule has 1 amide bonds. The monoisotopic (exact) mass is 659 g/mol. The molecule has 11 heteroatoms. The molecule has 0 radical (unpaired) electrons. The number of imidazole rings is 1. The van der Waals surface area contributed by atoms with Gasteiger partial charge in [0.1, 0.15) is 18.2 Å². The molecule has 0 atom stereocenters. The molecule has 0 unspecified atom stereocenters. The summed E-state index contributed by atoms with van der Waals surface area (Å²) in [5, 5.41) is 12.1. The van der Waals surface area contributed by atoms with Crippen LogP contribution < -0.4 is 10.1 Å². The first-order valence-electron chi connectivity index (χ1n) is 16.4. The summed E-state index contributed by atoms with van der Waals surface area (Å²) >= 11 is 0. The molecular formula is C37H46FN5O5. The van der Waals surface area contributed by atoms with Gasteiger partial charge in [-0.25, -0.2) is 19.2 Å². The van der Waals surface area contributed by atoms with Crippen LogP contribution in [0.25, 0.3) is 11.0 Å². The molecule has 0 spiro atoms. The van der Waals surface area contributed by atoms with Gasteiger partial charge >= 0.3 is 5.97 Å². The third-order valence-electron chi connectivity index (χ3n) is 8.53. The van der Waals surface area contributed by atoms with E-state index in [-0.39, 0.29) is 35.8 Å². The SMILES string of the molecule is Cn1c(CN2CCC(c3cccc(OCc4ccc(NC(=O)CC(C)(C)OCC(C)(C)C)cc4F)n3)CC2)nc2ccc(C(=O)O)cc21. The zero-order valence-electron chi connectivity index (χ0n) is 28.7. The first kappa shape index (κ1) is 35.0. The first-order chi connectivity index (χ1) is 22.7. The number of halogens is 1. The number of carboxylic acid groups (broad SMARTS) is 1. The first-order valence-corrected chi connectivity index (χ1v) is 16.4. The number of carbonyl (C=O) groups excluding carboxylic acids is 1. The molecule has 10 nitrogen and oxygen atoms in total. The van der Waals surface area contributed by atoms with Crippen molar-refractivity contribution in [1.29, 1.82) is 0 Å². The molecule has 1 saturated heterocycles. The topological polar surface area (TPSA) is 119 Å². The summed E-state index contributed by atoms with van der Waals surface area (Å²) in [6, 6.07) is 15.3. The minimum absolute atomic E-state index is 0.00854. The van der Waals surface area contributed by atoms with Crippen LogP contribution >= 0.6 is 0 Å². The van der Waals surface area contributed by atoms with Crippen LogP contribution in [-0.4, -0.2) is 61.7 Å². The van der Waals surface area contributed by atoms with Crippen molar-refractivity contribution >= 4 is 28.6 Å². The minimum atomic E-state index is -0.952. The summed E-state index contributed by atoms with van der Waals surface area (Å²) in [4.78, 5) is 35.9. The number of ether oxygens (including phenoxy) is 2. The lowest BCUT2D eigenvalue weighted by Crippen LogP contribution is -2.33. The van der Waals surface area contributed by atoms with Crippen molar-refractivity contribution in [3.63, 3.8) is 0 Å². The van der Waals surface area contributed by atoms with Crippen molar-refractivity contribution < 1.29 is 28.6 Å². The Kier molecular flexibility index (Phi) is 10.5. The van der Waals surface area contributed by atoms with Crippen LogP contribution in [0.5, 0.6) is 5.88 Å². The molecule has 1 aliphatic rings. The zero-order chi connectivity index (χ0) is 34.6.